The van der Waals surface area contributed by atoms with Crippen molar-refractivity contribution >= 4 is 34.6 Å². The Morgan fingerprint density at radius 3 is 1.82 bits per heavy atom. The van der Waals surface area contributed by atoms with E-state index >= 15 is 0 Å². The minimum atomic E-state index is 0.219. The molecule has 1 aliphatic heterocycles. The van der Waals surface area contributed by atoms with Gasteiger partial charge in [0.25, 0.3) is 0 Å². The normalized spacial score (nSPS) is 14.0. The molecule has 3 aromatic heterocycles. The molecule has 1 aliphatic rings. The highest BCUT2D eigenvalue weighted by Gasteiger charge is 2.27. The second kappa shape index (κ2) is 17.3. The molecular weight excluding hydrogens is 568 g/mol. The summed E-state index contributed by atoms with van der Waals surface area (Å²) in [5.74, 6) is 4.11. The highest BCUT2D eigenvalue weighted by molar-refractivity contribution is 5.95. The van der Waals surface area contributed by atoms with E-state index in [1.165, 1.54) is 0 Å². The Balaban J connectivity index is 1.88. The number of nitrogens with zero attached hydrogens (tertiary/aromatic N) is 7. The summed E-state index contributed by atoms with van der Waals surface area (Å²) in [5.41, 5.74) is 1.30. The zero-order valence-corrected chi connectivity index (χ0v) is 27.0. The van der Waals surface area contributed by atoms with Gasteiger partial charge in [0.15, 0.2) is 11.6 Å². The zero-order valence-electron chi connectivity index (χ0n) is 27.0. The van der Waals surface area contributed by atoms with Crippen LogP contribution in [0, 0.1) is 6.92 Å². The van der Waals surface area contributed by atoms with Crippen LogP contribution in [0.5, 0.6) is 0 Å². The topological polar surface area (TPSA) is 133 Å². The van der Waals surface area contributed by atoms with Crippen LogP contribution in [-0.2, 0) is 30.2 Å². The lowest BCUT2D eigenvalue weighted by molar-refractivity contribution is 0.0818. The van der Waals surface area contributed by atoms with Gasteiger partial charge in [0.2, 0.25) is 11.9 Å². The van der Waals surface area contributed by atoms with E-state index in [9.17, 15) is 0 Å². The Hall–Kier alpha value is -3.30. The Labute approximate surface area is 260 Å². The van der Waals surface area contributed by atoms with Crippen molar-refractivity contribution in [3.8, 4) is 0 Å². The number of nitrogens with one attached hydrogen (secondary N) is 1. The van der Waals surface area contributed by atoms with Gasteiger partial charge in [0.05, 0.1) is 39.1 Å². The summed E-state index contributed by atoms with van der Waals surface area (Å²) < 4.78 is 33.2. The van der Waals surface area contributed by atoms with Crippen molar-refractivity contribution in [2.75, 3.05) is 121 Å². The van der Waals surface area contributed by atoms with Crippen molar-refractivity contribution in [3.05, 3.63) is 23.7 Å². The van der Waals surface area contributed by atoms with E-state index in [0.717, 1.165) is 43.3 Å². The van der Waals surface area contributed by atoms with Crippen LogP contribution in [0.4, 0.5) is 23.5 Å². The van der Waals surface area contributed by atoms with E-state index in [-0.39, 0.29) is 6.10 Å². The smallest absolute Gasteiger partial charge is 0.228 e. The molecule has 44 heavy (non-hydrogen) atoms. The number of methoxy groups -OCH3 is 5. The van der Waals surface area contributed by atoms with Gasteiger partial charge in [-0.2, -0.15) is 9.97 Å². The van der Waals surface area contributed by atoms with Crippen LogP contribution >= 0.6 is 0 Å². The molecule has 0 saturated carbocycles. The zero-order chi connectivity index (χ0) is 31.3. The third kappa shape index (κ3) is 8.88. The predicted octanol–water partition coefficient (Wildman–Crippen LogP) is 2.75. The Kier molecular flexibility index (Phi) is 13.2. The van der Waals surface area contributed by atoms with Crippen LogP contribution < -0.4 is 20.0 Å². The van der Waals surface area contributed by atoms with Crippen LogP contribution in [-0.4, -0.2) is 127 Å². The predicted molar refractivity (Wildman–Crippen MR) is 170 cm³/mol. The first-order valence-electron chi connectivity index (χ1n) is 15.1. The van der Waals surface area contributed by atoms with Gasteiger partial charge in [-0.1, -0.05) is 0 Å². The number of aryl methyl sites for hydroxylation is 1. The highest BCUT2D eigenvalue weighted by Crippen LogP contribution is 2.33. The first kappa shape index (κ1) is 33.6. The van der Waals surface area contributed by atoms with Crippen LogP contribution in [0.3, 0.4) is 0 Å². The lowest BCUT2D eigenvalue weighted by atomic mass is 10.1. The molecular formula is C30H48N8O6. The lowest BCUT2D eigenvalue weighted by Gasteiger charge is -2.33. The fourth-order valence-electron chi connectivity index (χ4n) is 5.09. The summed E-state index contributed by atoms with van der Waals surface area (Å²) in [5, 5.41) is 3.49. The molecule has 14 nitrogen and oxygen atoms in total. The molecule has 244 valence electrons. The Morgan fingerprint density at radius 2 is 1.32 bits per heavy atom. The minimum Gasteiger partial charge on any atom is -0.465 e. The van der Waals surface area contributed by atoms with Gasteiger partial charge in [-0.15, -0.1) is 0 Å². The molecule has 0 spiro atoms. The number of piperidine rings is 1. The summed E-state index contributed by atoms with van der Waals surface area (Å²) in [6, 6.07) is 3.91. The van der Waals surface area contributed by atoms with Gasteiger partial charge in [-0.3, -0.25) is 0 Å². The van der Waals surface area contributed by atoms with E-state index in [1.807, 2.05) is 19.1 Å². The second-order valence-electron chi connectivity index (χ2n) is 10.6. The van der Waals surface area contributed by atoms with Gasteiger partial charge in [0, 0.05) is 74.8 Å². The number of fused-ring (bicyclic) bond motifs is 1. The van der Waals surface area contributed by atoms with E-state index < -0.39 is 0 Å². The average Bonchev–Trinajstić information content (AvgIpc) is 3.48. The Bertz CT molecular complexity index is 1270. The maximum absolute atomic E-state index is 5.85. The molecule has 1 saturated heterocycles. The summed E-state index contributed by atoms with van der Waals surface area (Å²) in [6.07, 6.45) is 2.00. The average molecular weight is 617 g/mol. The monoisotopic (exact) mass is 616 g/mol. The summed E-state index contributed by atoms with van der Waals surface area (Å²) in [6.45, 7) is 8.39. The minimum absolute atomic E-state index is 0.219. The SMILES string of the molecule is COCCN(CCOC)c1nc(N2CCC(OC)CC2)c2nc(N(CCOC)CCOC)nc(NCc3ccc(C)o3)c2n1. The first-order valence-corrected chi connectivity index (χ1v) is 15.1. The molecule has 0 radical (unpaired) electrons. The fraction of sp³-hybridized carbons (Fsp3) is 0.667. The molecule has 0 aromatic carbocycles. The van der Waals surface area contributed by atoms with Crippen molar-refractivity contribution in [2.45, 2.75) is 32.4 Å². The van der Waals surface area contributed by atoms with Crippen molar-refractivity contribution in [2.24, 2.45) is 0 Å². The molecule has 14 heteroatoms. The molecule has 0 atom stereocenters. The van der Waals surface area contributed by atoms with Crippen molar-refractivity contribution in [3.63, 3.8) is 0 Å². The number of aromatic nitrogens is 4. The number of ether oxygens (including phenoxy) is 5. The van der Waals surface area contributed by atoms with Crippen LogP contribution in [0.2, 0.25) is 0 Å². The standard InChI is InChI=1S/C30H48N8O6/c1-22-7-8-24(44-22)21-31-27-25-26(33-29(34-27)37(13-17-39-2)14-18-40-3)28(36-11-9-23(43-6)10-12-36)35-30(32-25)38(15-19-41-4)16-20-42-5/h7-8,23H,9-21H2,1-6H3,(H,31,33,34). The van der Waals surface area contributed by atoms with Gasteiger partial charge in [-0.05, 0) is 31.9 Å². The van der Waals surface area contributed by atoms with Crippen LogP contribution in [0.1, 0.15) is 24.4 Å². The quantitative estimate of drug-likeness (QED) is 0.212. The van der Waals surface area contributed by atoms with Crippen LogP contribution in [0.25, 0.3) is 11.0 Å². The maximum Gasteiger partial charge on any atom is 0.228 e. The molecule has 0 bridgehead atoms. The Morgan fingerprint density at radius 1 is 0.773 bits per heavy atom. The molecule has 0 unspecified atom stereocenters. The van der Waals surface area contributed by atoms with Crippen LogP contribution in [0.15, 0.2) is 16.5 Å². The summed E-state index contributed by atoms with van der Waals surface area (Å²) in [4.78, 5) is 26.8. The molecule has 1 fully saturated rings. The number of rotatable bonds is 19. The first-order chi connectivity index (χ1) is 21.5. The van der Waals surface area contributed by atoms with Gasteiger partial charge in [0.1, 0.15) is 22.6 Å². The van der Waals surface area contributed by atoms with Gasteiger partial charge >= 0.3 is 0 Å². The van der Waals surface area contributed by atoms with Crippen molar-refractivity contribution in [1.29, 1.82) is 0 Å². The molecule has 3 aromatic rings. The molecule has 4 rings (SSSR count). The fourth-order valence-corrected chi connectivity index (χ4v) is 5.09. The third-order valence-electron chi connectivity index (χ3n) is 7.63. The van der Waals surface area contributed by atoms with E-state index in [2.05, 4.69) is 20.0 Å². The highest BCUT2D eigenvalue weighted by atomic mass is 16.5. The van der Waals surface area contributed by atoms with Gasteiger partial charge in [-0.25, -0.2) is 9.97 Å². The number of hydrogen-bond donors (Lipinski definition) is 1. The summed E-state index contributed by atoms with van der Waals surface area (Å²) >= 11 is 0. The van der Waals surface area contributed by atoms with E-state index in [1.54, 1.807) is 35.5 Å². The lowest BCUT2D eigenvalue weighted by Crippen LogP contribution is -2.38. The molecule has 1 N–H and O–H groups in total. The molecule has 0 aliphatic carbocycles. The molecule has 4 heterocycles. The van der Waals surface area contributed by atoms with E-state index in [4.69, 9.17) is 48.0 Å². The third-order valence-corrected chi connectivity index (χ3v) is 7.63. The second-order valence-corrected chi connectivity index (χ2v) is 10.6. The van der Waals surface area contributed by atoms with Crippen molar-refractivity contribution in [1.82, 2.24) is 19.9 Å². The molecule has 0 amide bonds. The van der Waals surface area contributed by atoms with Gasteiger partial charge < -0.3 is 48.1 Å². The summed E-state index contributed by atoms with van der Waals surface area (Å²) in [7, 11) is 8.52. The number of furan rings is 1. The maximum atomic E-state index is 5.85. The van der Waals surface area contributed by atoms with E-state index in [0.29, 0.717) is 87.9 Å². The number of anilines is 4. The largest absolute Gasteiger partial charge is 0.465 e. The number of hydrogen-bond acceptors (Lipinski definition) is 14. The van der Waals surface area contributed by atoms with Crippen molar-refractivity contribution < 1.29 is 28.1 Å².